The highest BCUT2D eigenvalue weighted by Crippen LogP contribution is 2.32. The molecule has 25 heavy (non-hydrogen) atoms. The average molecular weight is 365 g/mol. The molecule has 0 aromatic carbocycles. The average Bonchev–Trinajstić information content (AvgIpc) is 3.27. The van der Waals surface area contributed by atoms with E-state index in [1.807, 2.05) is 6.07 Å². The molecule has 1 saturated heterocycles. The van der Waals surface area contributed by atoms with Crippen molar-refractivity contribution in [2.45, 2.75) is 45.3 Å². The van der Waals surface area contributed by atoms with Gasteiger partial charge in [0.1, 0.15) is 23.1 Å². The maximum absolute atomic E-state index is 12.3. The van der Waals surface area contributed by atoms with Crippen LogP contribution >= 0.6 is 11.3 Å². The number of methoxy groups -OCH3 is 1. The third kappa shape index (κ3) is 4.42. The molecule has 0 spiro atoms. The molecule has 1 fully saturated rings. The number of nitrogens with zero attached hydrogens (tertiary/aromatic N) is 4. The zero-order valence-corrected chi connectivity index (χ0v) is 15.5. The smallest absolute Gasteiger partial charge is 0.240 e. The number of anilines is 1. The fourth-order valence-electron chi connectivity index (χ4n) is 2.91. The number of rotatable bonds is 7. The van der Waals surface area contributed by atoms with Gasteiger partial charge in [0, 0.05) is 19.1 Å². The summed E-state index contributed by atoms with van der Waals surface area (Å²) in [5, 5.41) is 16.2. The molecule has 0 saturated carbocycles. The molecule has 0 radical (unpaired) electrons. The molecule has 0 unspecified atom stereocenters. The van der Waals surface area contributed by atoms with E-state index in [0.29, 0.717) is 24.2 Å². The lowest BCUT2D eigenvalue weighted by Gasteiger charge is -2.21. The lowest BCUT2D eigenvalue weighted by atomic mass is 10.1. The molecule has 1 aliphatic rings. The summed E-state index contributed by atoms with van der Waals surface area (Å²) in [7, 11) is 1.60. The van der Waals surface area contributed by atoms with Gasteiger partial charge in [0.25, 0.3) is 0 Å². The van der Waals surface area contributed by atoms with E-state index in [9.17, 15) is 4.79 Å². The first-order valence-corrected chi connectivity index (χ1v) is 9.20. The molecule has 2 aromatic rings. The highest BCUT2D eigenvalue weighted by atomic mass is 32.1. The van der Waals surface area contributed by atoms with Gasteiger partial charge in [-0.2, -0.15) is 0 Å². The number of amides is 1. The summed E-state index contributed by atoms with van der Waals surface area (Å²) >= 11 is 1.32. The summed E-state index contributed by atoms with van der Waals surface area (Å²) in [5.41, 5.74) is 0.910. The Morgan fingerprint density at radius 2 is 2.36 bits per heavy atom. The van der Waals surface area contributed by atoms with Gasteiger partial charge in [-0.3, -0.25) is 15.0 Å². The van der Waals surface area contributed by atoms with Crippen LogP contribution in [-0.4, -0.2) is 46.4 Å². The van der Waals surface area contributed by atoms with Gasteiger partial charge in [0.15, 0.2) is 0 Å². The second kappa shape index (κ2) is 8.03. The molecule has 9 heteroatoms. The third-order valence-corrected chi connectivity index (χ3v) is 4.96. The Morgan fingerprint density at radius 3 is 3.08 bits per heavy atom. The van der Waals surface area contributed by atoms with Crippen LogP contribution in [-0.2, 0) is 16.1 Å². The van der Waals surface area contributed by atoms with Crippen LogP contribution in [0, 0.1) is 0 Å². The normalized spacial score (nSPS) is 18.2. The fourth-order valence-corrected chi connectivity index (χ4v) is 3.64. The number of carbonyl (C=O) groups excluding carboxylic acids is 1. The van der Waals surface area contributed by atoms with E-state index in [0.717, 1.165) is 35.8 Å². The van der Waals surface area contributed by atoms with Crippen LogP contribution < -0.4 is 5.32 Å². The third-order valence-electron chi connectivity index (χ3n) is 4.15. The first-order chi connectivity index (χ1) is 12.1. The molecule has 1 aliphatic heterocycles. The van der Waals surface area contributed by atoms with Crippen molar-refractivity contribution in [3.05, 3.63) is 22.5 Å². The number of hydrogen-bond acceptors (Lipinski definition) is 8. The standard InChI is InChI=1S/C16H23N5O3S/c1-10(2)13-7-11(20-24-13)12-5-4-6-21(12)8-14(22)17-16-19-18-15(25-16)9-23-3/h7,10,12H,4-6,8-9H2,1-3H3,(H,17,19,22)/t12-/m0/s1. The number of nitrogens with one attached hydrogen (secondary N) is 1. The Labute approximate surface area is 150 Å². The number of hydrogen-bond donors (Lipinski definition) is 1. The van der Waals surface area contributed by atoms with Gasteiger partial charge in [-0.1, -0.05) is 30.3 Å². The van der Waals surface area contributed by atoms with Crippen molar-refractivity contribution in [1.82, 2.24) is 20.3 Å². The first-order valence-electron chi connectivity index (χ1n) is 8.38. The number of carbonyl (C=O) groups is 1. The fraction of sp³-hybridized carbons (Fsp3) is 0.625. The Morgan fingerprint density at radius 1 is 1.52 bits per heavy atom. The van der Waals surface area contributed by atoms with Crippen LogP contribution in [0.3, 0.4) is 0 Å². The number of ether oxygens (including phenoxy) is 1. The second-order valence-corrected chi connectivity index (χ2v) is 7.48. The van der Waals surface area contributed by atoms with Gasteiger partial charge in [-0.15, -0.1) is 10.2 Å². The zero-order valence-electron chi connectivity index (χ0n) is 14.7. The van der Waals surface area contributed by atoms with Gasteiger partial charge in [-0.05, 0) is 19.4 Å². The minimum absolute atomic E-state index is 0.0976. The Kier molecular flexibility index (Phi) is 5.77. The van der Waals surface area contributed by atoms with Crippen molar-refractivity contribution in [3.8, 4) is 0 Å². The van der Waals surface area contributed by atoms with E-state index in [-0.39, 0.29) is 11.9 Å². The van der Waals surface area contributed by atoms with Crippen LogP contribution in [0.25, 0.3) is 0 Å². The molecule has 1 N–H and O–H groups in total. The molecule has 2 aromatic heterocycles. The highest BCUT2D eigenvalue weighted by Gasteiger charge is 2.30. The van der Waals surface area contributed by atoms with Gasteiger partial charge in [0.2, 0.25) is 11.0 Å². The van der Waals surface area contributed by atoms with Crippen molar-refractivity contribution in [1.29, 1.82) is 0 Å². The van der Waals surface area contributed by atoms with Crippen molar-refractivity contribution < 1.29 is 14.1 Å². The quantitative estimate of drug-likeness (QED) is 0.806. The topological polar surface area (TPSA) is 93.4 Å². The molecule has 136 valence electrons. The van der Waals surface area contributed by atoms with Crippen LogP contribution in [0.15, 0.2) is 10.6 Å². The molecular weight excluding hydrogens is 342 g/mol. The molecule has 0 bridgehead atoms. The van der Waals surface area contributed by atoms with E-state index < -0.39 is 0 Å². The lowest BCUT2D eigenvalue weighted by Crippen LogP contribution is -2.33. The first kappa shape index (κ1) is 18.0. The van der Waals surface area contributed by atoms with E-state index >= 15 is 0 Å². The van der Waals surface area contributed by atoms with Gasteiger partial charge in [-0.25, -0.2) is 0 Å². The van der Waals surface area contributed by atoms with Gasteiger partial charge >= 0.3 is 0 Å². The summed E-state index contributed by atoms with van der Waals surface area (Å²) in [4.78, 5) is 14.5. The molecule has 1 amide bonds. The Hall–Kier alpha value is -1.84. The SMILES string of the molecule is COCc1nnc(NC(=O)CN2CCC[C@H]2c2cc(C(C)C)on2)s1. The van der Waals surface area contributed by atoms with Crippen LogP contribution in [0.1, 0.15) is 55.1 Å². The molecule has 8 nitrogen and oxygen atoms in total. The maximum Gasteiger partial charge on any atom is 0.240 e. The van der Waals surface area contributed by atoms with Crippen molar-refractivity contribution in [2.24, 2.45) is 0 Å². The van der Waals surface area contributed by atoms with Crippen molar-refractivity contribution >= 4 is 22.4 Å². The van der Waals surface area contributed by atoms with E-state index in [1.54, 1.807) is 7.11 Å². The Bertz CT molecular complexity index is 714. The van der Waals surface area contributed by atoms with Gasteiger partial charge < -0.3 is 9.26 Å². The largest absolute Gasteiger partial charge is 0.377 e. The summed E-state index contributed by atoms with van der Waals surface area (Å²) in [5.74, 6) is 1.09. The molecular formula is C16H23N5O3S. The maximum atomic E-state index is 12.3. The molecule has 3 heterocycles. The highest BCUT2D eigenvalue weighted by molar-refractivity contribution is 7.15. The van der Waals surface area contributed by atoms with Crippen molar-refractivity contribution in [3.63, 3.8) is 0 Å². The second-order valence-electron chi connectivity index (χ2n) is 6.42. The minimum Gasteiger partial charge on any atom is -0.377 e. The minimum atomic E-state index is -0.0976. The van der Waals surface area contributed by atoms with Crippen LogP contribution in [0.2, 0.25) is 0 Å². The molecule has 0 aliphatic carbocycles. The zero-order chi connectivity index (χ0) is 17.8. The predicted octanol–water partition coefficient (Wildman–Crippen LogP) is 2.57. The van der Waals surface area contributed by atoms with Crippen LogP contribution in [0.4, 0.5) is 5.13 Å². The number of likely N-dealkylation sites (tertiary alicyclic amines) is 1. The molecule has 1 atom stereocenters. The predicted molar refractivity (Wildman–Crippen MR) is 93.4 cm³/mol. The molecule has 3 rings (SSSR count). The van der Waals surface area contributed by atoms with Crippen molar-refractivity contribution in [2.75, 3.05) is 25.5 Å². The monoisotopic (exact) mass is 365 g/mol. The van der Waals surface area contributed by atoms with E-state index in [1.165, 1.54) is 11.3 Å². The van der Waals surface area contributed by atoms with E-state index in [4.69, 9.17) is 9.26 Å². The summed E-state index contributed by atoms with van der Waals surface area (Å²) < 4.78 is 10.4. The summed E-state index contributed by atoms with van der Waals surface area (Å²) in [6, 6.07) is 2.13. The summed E-state index contributed by atoms with van der Waals surface area (Å²) in [6.45, 7) is 5.71. The number of aromatic nitrogens is 3. The Balaban J connectivity index is 1.59. The van der Waals surface area contributed by atoms with Crippen LogP contribution in [0.5, 0.6) is 0 Å². The van der Waals surface area contributed by atoms with E-state index in [2.05, 4.69) is 39.4 Å². The lowest BCUT2D eigenvalue weighted by molar-refractivity contribution is -0.117. The van der Waals surface area contributed by atoms with Gasteiger partial charge in [0.05, 0.1) is 12.6 Å². The summed E-state index contributed by atoms with van der Waals surface area (Å²) in [6.07, 6.45) is 2.02.